The van der Waals surface area contributed by atoms with Gasteiger partial charge in [-0.2, -0.15) is 0 Å². The van der Waals surface area contributed by atoms with Gasteiger partial charge in [-0.05, 0) is 39.9 Å². The quantitative estimate of drug-likeness (QED) is 0.568. The third-order valence-corrected chi connectivity index (χ3v) is 5.32. The molecule has 0 unspecified atom stereocenters. The average Bonchev–Trinajstić information content (AvgIpc) is 3.14. The number of nitrogens with one attached hydrogen (secondary N) is 1. The van der Waals surface area contributed by atoms with Crippen LogP contribution in [0, 0.1) is 12.3 Å². The molecule has 156 valence electrons. The van der Waals surface area contributed by atoms with Crippen molar-refractivity contribution in [3.63, 3.8) is 0 Å². The Labute approximate surface area is 182 Å². The fourth-order valence-corrected chi connectivity index (χ4v) is 3.89. The predicted octanol–water partition coefficient (Wildman–Crippen LogP) is 4.75. The first-order valence-electron chi connectivity index (χ1n) is 10.0. The molecule has 0 heterocycles. The van der Waals surface area contributed by atoms with Crippen LogP contribution in [0.5, 0.6) is 11.5 Å². The van der Waals surface area contributed by atoms with Gasteiger partial charge in [-0.15, -0.1) is 6.42 Å². The van der Waals surface area contributed by atoms with Gasteiger partial charge in [0, 0.05) is 12.5 Å². The van der Waals surface area contributed by atoms with Gasteiger partial charge in [-0.25, -0.2) is 4.79 Å². The number of fused-ring (bicyclic) bond motifs is 3. The zero-order valence-corrected chi connectivity index (χ0v) is 17.3. The molecule has 5 heteroatoms. The second-order valence-corrected chi connectivity index (χ2v) is 7.16. The van der Waals surface area contributed by atoms with Gasteiger partial charge >= 0.3 is 6.09 Å². The molecule has 3 aromatic carbocycles. The van der Waals surface area contributed by atoms with E-state index in [-0.39, 0.29) is 19.1 Å². The summed E-state index contributed by atoms with van der Waals surface area (Å²) in [5, 5.41) is 2.79. The largest absolute Gasteiger partial charge is 0.493 e. The zero-order valence-electron chi connectivity index (χ0n) is 17.3. The summed E-state index contributed by atoms with van der Waals surface area (Å²) in [5.74, 6) is 3.58. The maximum atomic E-state index is 12.4. The van der Waals surface area contributed by atoms with E-state index in [0.717, 1.165) is 5.56 Å². The molecule has 1 aliphatic rings. The predicted molar refractivity (Wildman–Crippen MR) is 119 cm³/mol. The molecule has 0 saturated heterocycles. The van der Waals surface area contributed by atoms with Gasteiger partial charge in [0.05, 0.1) is 7.11 Å². The third kappa shape index (κ3) is 4.34. The maximum absolute atomic E-state index is 12.4. The Morgan fingerprint density at radius 1 is 1.00 bits per heavy atom. The summed E-state index contributed by atoms with van der Waals surface area (Å²) >= 11 is 0. The minimum absolute atomic E-state index is 0.0305. The second-order valence-electron chi connectivity index (χ2n) is 7.16. The highest BCUT2D eigenvalue weighted by molar-refractivity contribution is 5.79. The minimum Gasteiger partial charge on any atom is -0.493 e. The molecule has 5 nitrogen and oxygen atoms in total. The number of carbonyl (C=O) groups is 1. The fourth-order valence-electron chi connectivity index (χ4n) is 3.89. The van der Waals surface area contributed by atoms with Crippen molar-refractivity contribution in [1.82, 2.24) is 5.32 Å². The summed E-state index contributed by atoms with van der Waals surface area (Å²) in [6.07, 6.45) is 4.79. The van der Waals surface area contributed by atoms with E-state index in [4.69, 9.17) is 20.6 Å². The van der Waals surface area contributed by atoms with E-state index in [0.29, 0.717) is 18.0 Å². The Kier molecular flexibility index (Phi) is 6.09. The van der Waals surface area contributed by atoms with E-state index in [9.17, 15) is 4.79 Å². The third-order valence-electron chi connectivity index (χ3n) is 5.32. The van der Waals surface area contributed by atoms with E-state index in [2.05, 4.69) is 35.5 Å². The summed E-state index contributed by atoms with van der Waals surface area (Å²) < 4.78 is 16.3. The van der Waals surface area contributed by atoms with Gasteiger partial charge < -0.3 is 19.5 Å². The second kappa shape index (κ2) is 9.27. The summed E-state index contributed by atoms with van der Waals surface area (Å²) in [7, 11) is 1.56. The van der Waals surface area contributed by atoms with Crippen LogP contribution in [0.3, 0.4) is 0 Å². The Hall–Kier alpha value is -3.91. The molecule has 1 aliphatic carbocycles. The van der Waals surface area contributed by atoms with Crippen LogP contribution in [0.4, 0.5) is 4.79 Å². The number of carbonyl (C=O) groups excluding carboxylic acids is 1. The Morgan fingerprint density at radius 2 is 1.68 bits per heavy atom. The van der Waals surface area contributed by atoms with Gasteiger partial charge in [0.15, 0.2) is 11.5 Å². The minimum atomic E-state index is -0.469. The van der Waals surface area contributed by atoms with Crippen molar-refractivity contribution < 1.29 is 19.0 Å². The van der Waals surface area contributed by atoms with Crippen molar-refractivity contribution in [2.24, 2.45) is 0 Å². The molecule has 0 spiro atoms. The number of amides is 1. The van der Waals surface area contributed by atoms with Crippen LogP contribution in [0.1, 0.15) is 22.6 Å². The average molecular weight is 413 g/mol. The summed E-state index contributed by atoms with van der Waals surface area (Å²) in [4.78, 5) is 12.4. The first kappa shape index (κ1) is 20.4. The van der Waals surface area contributed by atoms with Crippen LogP contribution < -0.4 is 14.8 Å². The molecule has 0 saturated carbocycles. The zero-order chi connectivity index (χ0) is 21.6. The summed E-state index contributed by atoms with van der Waals surface area (Å²) in [6, 6.07) is 21.9. The van der Waals surface area contributed by atoms with Crippen molar-refractivity contribution in [1.29, 1.82) is 0 Å². The summed E-state index contributed by atoms with van der Waals surface area (Å²) in [5.41, 5.74) is 5.61. The van der Waals surface area contributed by atoms with Crippen LogP contribution in [-0.2, 0) is 11.3 Å². The lowest BCUT2D eigenvalue weighted by molar-refractivity contribution is 0.142. The van der Waals surface area contributed by atoms with Gasteiger partial charge in [-0.3, -0.25) is 0 Å². The molecular weight excluding hydrogens is 390 g/mol. The Morgan fingerprint density at radius 3 is 2.32 bits per heavy atom. The number of rotatable bonds is 7. The normalized spacial score (nSPS) is 11.7. The van der Waals surface area contributed by atoms with Crippen molar-refractivity contribution in [2.75, 3.05) is 20.3 Å². The highest BCUT2D eigenvalue weighted by Crippen LogP contribution is 2.44. The molecule has 0 atom stereocenters. The lowest BCUT2D eigenvalue weighted by Crippen LogP contribution is -2.25. The number of benzene rings is 3. The van der Waals surface area contributed by atoms with Gasteiger partial charge in [0.1, 0.15) is 13.2 Å². The van der Waals surface area contributed by atoms with E-state index < -0.39 is 6.09 Å². The lowest BCUT2D eigenvalue weighted by atomic mass is 9.98. The smallest absolute Gasteiger partial charge is 0.407 e. The van der Waals surface area contributed by atoms with Gasteiger partial charge in [0.2, 0.25) is 0 Å². The highest BCUT2D eigenvalue weighted by Gasteiger charge is 2.28. The molecule has 4 rings (SSSR count). The fraction of sp³-hybridized carbons (Fsp3) is 0.192. The number of methoxy groups -OCH3 is 1. The molecular formula is C26H23NO4. The van der Waals surface area contributed by atoms with E-state index in [1.807, 2.05) is 30.3 Å². The van der Waals surface area contributed by atoms with Crippen LogP contribution in [0.2, 0.25) is 0 Å². The Balaban J connectivity index is 1.38. The van der Waals surface area contributed by atoms with E-state index in [1.54, 1.807) is 19.2 Å². The molecule has 0 aromatic heterocycles. The number of hydrogen-bond donors (Lipinski definition) is 1. The first-order valence-corrected chi connectivity index (χ1v) is 10.0. The first-order chi connectivity index (χ1) is 15.2. The molecule has 3 aromatic rings. The van der Waals surface area contributed by atoms with E-state index >= 15 is 0 Å². The number of alkyl carbamates (subject to hydrolysis) is 1. The number of hydrogen-bond acceptors (Lipinski definition) is 4. The van der Waals surface area contributed by atoms with Crippen molar-refractivity contribution >= 4 is 6.09 Å². The Bertz CT molecular complexity index is 1090. The maximum Gasteiger partial charge on any atom is 0.407 e. The number of ether oxygens (including phenoxy) is 3. The topological polar surface area (TPSA) is 56.8 Å². The highest BCUT2D eigenvalue weighted by atomic mass is 16.5. The SMILES string of the molecule is C#CCOc1cc(CNC(=O)OCC2c3ccccc3-c3ccccc32)ccc1OC. The lowest BCUT2D eigenvalue weighted by Gasteiger charge is -2.15. The standard InChI is InChI=1S/C26H23NO4/c1-3-14-30-25-15-18(12-13-24(25)29-2)16-27-26(28)31-17-23-21-10-6-4-8-19(21)20-9-5-7-11-22(20)23/h1,4-13,15,23H,14,16-17H2,2H3,(H,27,28). The molecule has 31 heavy (non-hydrogen) atoms. The number of terminal acetylenes is 1. The van der Waals surface area contributed by atoms with Gasteiger partial charge in [0.25, 0.3) is 0 Å². The molecule has 0 fully saturated rings. The molecule has 0 aliphatic heterocycles. The van der Waals surface area contributed by atoms with Crippen molar-refractivity contribution in [3.8, 4) is 35.0 Å². The van der Waals surface area contributed by atoms with Gasteiger partial charge in [-0.1, -0.05) is 60.5 Å². The van der Waals surface area contributed by atoms with Crippen molar-refractivity contribution in [2.45, 2.75) is 12.5 Å². The van der Waals surface area contributed by atoms with Crippen LogP contribution in [0.15, 0.2) is 66.7 Å². The van der Waals surface area contributed by atoms with Crippen LogP contribution in [-0.4, -0.2) is 26.4 Å². The van der Waals surface area contributed by atoms with E-state index in [1.165, 1.54) is 22.3 Å². The van der Waals surface area contributed by atoms with Crippen LogP contribution in [0.25, 0.3) is 11.1 Å². The molecule has 0 bridgehead atoms. The summed E-state index contributed by atoms with van der Waals surface area (Å²) in [6.45, 7) is 0.714. The molecule has 1 amide bonds. The monoisotopic (exact) mass is 413 g/mol. The van der Waals surface area contributed by atoms with Crippen molar-refractivity contribution in [3.05, 3.63) is 83.4 Å². The van der Waals surface area contributed by atoms with Crippen LogP contribution >= 0.6 is 0 Å². The molecule has 1 N–H and O–H groups in total. The molecule has 0 radical (unpaired) electrons.